The molecule has 0 unspecified atom stereocenters. The lowest BCUT2D eigenvalue weighted by Crippen LogP contribution is -2.27. The maximum atomic E-state index is 10.8. The smallest absolute Gasteiger partial charge is 0.265 e. The van der Waals surface area contributed by atoms with E-state index < -0.39 is 0 Å². The molecule has 0 spiro atoms. The van der Waals surface area contributed by atoms with Crippen LogP contribution in [0.3, 0.4) is 0 Å². The summed E-state index contributed by atoms with van der Waals surface area (Å²) in [5, 5.41) is 2.36. The summed E-state index contributed by atoms with van der Waals surface area (Å²) in [5.41, 5.74) is 0.0299. The number of nitrogens with zero attached hydrogens (tertiary/aromatic N) is 1. The van der Waals surface area contributed by atoms with E-state index in [0.29, 0.717) is 5.56 Å². The number of aromatic nitrogens is 2. The standard InChI is InChI=1S/C6H8N2O2/c1-4-3-5(9)8(2)7-6(4)10/h3H,1-2H3,(H,7,10). The predicted molar refractivity (Wildman–Crippen MR) is 37.0 cm³/mol. The lowest BCUT2D eigenvalue weighted by Gasteiger charge is -1.94. The number of nitrogens with one attached hydrogen (secondary N) is 1. The van der Waals surface area contributed by atoms with E-state index in [2.05, 4.69) is 5.10 Å². The molecule has 1 N–H and O–H groups in total. The molecule has 4 heteroatoms. The average Bonchev–Trinajstić information content (AvgIpc) is 1.84. The molecule has 0 fully saturated rings. The van der Waals surface area contributed by atoms with Gasteiger partial charge in [0, 0.05) is 18.7 Å². The summed E-state index contributed by atoms with van der Waals surface area (Å²) in [6, 6.07) is 1.30. The van der Waals surface area contributed by atoms with Crippen LogP contribution in [0.4, 0.5) is 0 Å². The highest BCUT2D eigenvalue weighted by atomic mass is 16.1. The van der Waals surface area contributed by atoms with Crippen molar-refractivity contribution in [3.05, 3.63) is 32.3 Å². The van der Waals surface area contributed by atoms with Crippen molar-refractivity contribution in [3.8, 4) is 0 Å². The summed E-state index contributed by atoms with van der Waals surface area (Å²) in [5.74, 6) is 0. The van der Waals surface area contributed by atoms with E-state index in [-0.39, 0.29) is 11.1 Å². The van der Waals surface area contributed by atoms with Gasteiger partial charge in [-0.05, 0) is 6.92 Å². The normalized spacial score (nSPS) is 9.80. The van der Waals surface area contributed by atoms with Crippen molar-refractivity contribution in [1.82, 2.24) is 9.78 Å². The zero-order chi connectivity index (χ0) is 7.72. The molecular formula is C6H8N2O2. The summed E-state index contributed by atoms with van der Waals surface area (Å²) < 4.78 is 1.15. The maximum Gasteiger partial charge on any atom is 0.265 e. The highest BCUT2D eigenvalue weighted by Crippen LogP contribution is 1.75. The number of hydrogen-bond acceptors (Lipinski definition) is 2. The Bertz CT molecular complexity index is 312. The Morgan fingerprint density at radius 3 is 2.60 bits per heavy atom. The first kappa shape index (κ1) is 6.80. The molecule has 0 amide bonds. The van der Waals surface area contributed by atoms with E-state index in [1.807, 2.05) is 0 Å². The summed E-state index contributed by atoms with van der Waals surface area (Å²) in [7, 11) is 1.50. The van der Waals surface area contributed by atoms with Crippen LogP contribution in [0, 0.1) is 6.92 Å². The SMILES string of the molecule is Cc1cc(=O)n(C)[nH]c1=O. The number of aromatic amines is 1. The number of H-pyrrole nitrogens is 1. The third kappa shape index (κ3) is 1.00. The molecule has 1 aromatic heterocycles. The number of hydrogen-bond donors (Lipinski definition) is 1. The Hall–Kier alpha value is -1.32. The van der Waals surface area contributed by atoms with Crippen molar-refractivity contribution >= 4 is 0 Å². The van der Waals surface area contributed by atoms with Crippen molar-refractivity contribution in [2.75, 3.05) is 0 Å². The van der Waals surface area contributed by atoms with Crippen LogP contribution in [0.2, 0.25) is 0 Å². The Balaban J connectivity index is 3.59. The fourth-order valence-electron chi connectivity index (χ4n) is 0.643. The zero-order valence-electron chi connectivity index (χ0n) is 5.84. The van der Waals surface area contributed by atoms with Crippen molar-refractivity contribution in [1.29, 1.82) is 0 Å². The Labute approximate surface area is 57.1 Å². The second kappa shape index (κ2) is 2.13. The summed E-state index contributed by atoms with van der Waals surface area (Å²) in [6.07, 6.45) is 0. The monoisotopic (exact) mass is 140 g/mol. The van der Waals surface area contributed by atoms with Gasteiger partial charge >= 0.3 is 0 Å². The van der Waals surface area contributed by atoms with Gasteiger partial charge in [-0.2, -0.15) is 0 Å². The molecule has 1 aromatic rings. The molecule has 0 aliphatic rings. The number of rotatable bonds is 0. The molecule has 1 heterocycles. The fraction of sp³-hybridized carbons (Fsp3) is 0.333. The highest BCUT2D eigenvalue weighted by molar-refractivity contribution is 5.02. The summed E-state index contributed by atoms with van der Waals surface area (Å²) in [4.78, 5) is 21.6. The molecule has 0 atom stereocenters. The lowest BCUT2D eigenvalue weighted by atomic mass is 10.3. The van der Waals surface area contributed by atoms with E-state index in [1.165, 1.54) is 13.1 Å². The molecule has 0 radical (unpaired) electrons. The van der Waals surface area contributed by atoms with E-state index >= 15 is 0 Å². The molecule has 4 nitrogen and oxygen atoms in total. The van der Waals surface area contributed by atoms with Gasteiger partial charge in [0.2, 0.25) is 0 Å². The van der Waals surface area contributed by atoms with E-state index in [1.54, 1.807) is 6.92 Å². The van der Waals surface area contributed by atoms with Crippen molar-refractivity contribution < 1.29 is 0 Å². The molecule has 1 rings (SSSR count). The third-order valence-corrected chi connectivity index (χ3v) is 1.30. The van der Waals surface area contributed by atoms with Gasteiger partial charge in [-0.15, -0.1) is 0 Å². The summed E-state index contributed by atoms with van der Waals surface area (Å²) >= 11 is 0. The van der Waals surface area contributed by atoms with Crippen LogP contribution in [0.1, 0.15) is 5.56 Å². The molecule has 0 saturated carbocycles. The average molecular weight is 140 g/mol. The van der Waals surface area contributed by atoms with Gasteiger partial charge in [-0.25, -0.2) is 0 Å². The number of aryl methyl sites for hydroxylation is 2. The van der Waals surface area contributed by atoms with Gasteiger partial charge in [0.25, 0.3) is 11.1 Å². The Morgan fingerprint density at radius 2 is 2.10 bits per heavy atom. The van der Waals surface area contributed by atoms with Gasteiger partial charge in [0.05, 0.1) is 0 Å². The topological polar surface area (TPSA) is 54.9 Å². The fourth-order valence-corrected chi connectivity index (χ4v) is 0.643. The molecule has 0 aromatic carbocycles. The molecule has 10 heavy (non-hydrogen) atoms. The van der Waals surface area contributed by atoms with Crippen LogP contribution in [-0.4, -0.2) is 9.78 Å². The van der Waals surface area contributed by atoms with Crippen LogP contribution in [-0.2, 0) is 7.05 Å². The van der Waals surface area contributed by atoms with Crippen LogP contribution in [0.15, 0.2) is 15.7 Å². The third-order valence-electron chi connectivity index (χ3n) is 1.30. The predicted octanol–water partition coefficient (Wildman–Crippen LogP) is -0.618. The Morgan fingerprint density at radius 1 is 1.50 bits per heavy atom. The maximum absolute atomic E-state index is 10.8. The largest absolute Gasteiger partial charge is 0.268 e. The molecule has 54 valence electrons. The lowest BCUT2D eigenvalue weighted by molar-refractivity contribution is 0.687. The quantitative estimate of drug-likeness (QED) is 0.522. The van der Waals surface area contributed by atoms with Crippen LogP contribution in [0.25, 0.3) is 0 Å². The van der Waals surface area contributed by atoms with Gasteiger partial charge in [0.15, 0.2) is 0 Å². The molecule has 0 aliphatic carbocycles. The van der Waals surface area contributed by atoms with E-state index in [0.717, 1.165) is 4.68 Å². The van der Waals surface area contributed by atoms with Crippen molar-refractivity contribution in [2.45, 2.75) is 6.92 Å². The first-order valence-corrected chi connectivity index (χ1v) is 2.88. The highest BCUT2D eigenvalue weighted by Gasteiger charge is 1.93. The summed E-state index contributed by atoms with van der Waals surface area (Å²) in [6.45, 7) is 1.60. The van der Waals surface area contributed by atoms with E-state index in [4.69, 9.17) is 0 Å². The van der Waals surface area contributed by atoms with E-state index in [9.17, 15) is 9.59 Å². The minimum Gasteiger partial charge on any atom is -0.268 e. The molecule has 0 aliphatic heterocycles. The van der Waals surface area contributed by atoms with Crippen molar-refractivity contribution in [2.24, 2.45) is 7.05 Å². The van der Waals surface area contributed by atoms with Gasteiger partial charge in [-0.1, -0.05) is 0 Å². The second-order valence-corrected chi connectivity index (χ2v) is 2.17. The van der Waals surface area contributed by atoms with Crippen molar-refractivity contribution in [3.63, 3.8) is 0 Å². The first-order valence-electron chi connectivity index (χ1n) is 2.88. The second-order valence-electron chi connectivity index (χ2n) is 2.17. The van der Waals surface area contributed by atoms with Gasteiger partial charge in [-0.3, -0.25) is 19.4 Å². The molecule has 0 saturated heterocycles. The minimum atomic E-state index is -0.220. The Kier molecular flexibility index (Phi) is 1.45. The van der Waals surface area contributed by atoms with Crippen LogP contribution < -0.4 is 11.1 Å². The van der Waals surface area contributed by atoms with Crippen LogP contribution in [0.5, 0.6) is 0 Å². The van der Waals surface area contributed by atoms with Crippen LogP contribution >= 0.6 is 0 Å². The molecule has 0 bridgehead atoms. The molecular weight excluding hydrogens is 132 g/mol. The zero-order valence-corrected chi connectivity index (χ0v) is 5.84. The minimum absolute atomic E-state index is 0.197. The first-order chi connectivity index (χ1) is 4.61. The van der Waals surface area contributed by atoms with Gasteiger partial charge < -0.3 is 0 Å². The van der Waals surface area contributed by atoms with Gasteiger partial charge in [0.1, 0.15) is 0 Å².